The lowest BCUT2D eigenvalue weighted by molar-refractivity contribution is -0.153. The molecule has 0 unspecified atom stereocenters. The number of unbranched alkanes of at least 4 members (excludes halogenated alkanes) is 2. The maximum Gasteiger partial charge on any atom is 0.412 e. The van der Waals surface area contributed by atoms with E-state index >= 15 is 0 Å². The molecular weight excluding hydrogens is 699 g/mol. The SMILES string of the molecule is C=C(C)[C@@H]1CCC(C)=C[C@H]1c1c(O)cc(CCCCC)cc1OC(=O)NCC1=C(C(=O)OCC(C)C)N2C(=O)[C@@H](NC(=O)Cc3cccs3)[C@H]2SC1. The number of aryl methyl sites for hydroxylation is 1. The topological polar surface area (TPSA) is 134 Å². The van der Waals surface area contributed by atoms with Crippen LogP contribution in [0.25, 0.3) is 0 Å². The van der Waals surface area contributed by atoms with E-state index in [0.717, 1.165) is 54.5 Å². The van der Waals surface area contributed by atoms with Gasteiger partial charge in [0, 0.05) is 28.7 Å². The molecule has 52 heavy (non-hydrogen) atoms. The number of aromatic hydroxyl groups is 1. The fourth-order valence-electron chi connectivity index (χ4n) is 6.95. The molecule has 280 valence electrons. The normalized spacial score (nSPS) is 21.2. The van der Waals surface area contributed by atoms with E-state index in [1.54, 1.807) is 6.07 Å². The van der Waals surface area contributed by atoms with Gasteiger partial charge in [-0.2, -0.15) is 0 Å². The summed E-state index contributed by atoms with van der Waals surface area (Å²) in [4.78, 5) is 55.5. The molecule has 12 heteroatoms. The first-order chi connectivity index (χ1) is 24.9. The van der Waals surface area contributed by atoms with Crippen LogP contribution in [0.4, 0.5) is 4.79 Å². The molecule has 1 saturated heterocycles. The molecule has 1 fully saturated rings. The largest absolute Gasteiger partial charge is 0.507 e. The number of β-lactam (4-membered cyclic amide) rings is 1. The van der Waals surface area contributed by atoms with Crippen molar-refractivity contribution in [3.63, 3.8) is 0 Å². The van der Waals surface area contributed by atoms with Gasteiger partial charge in [-0.1, -0.05) is 63.5 Å². The van der Waals surface area contributed by atoms with Gasteiger partial charge in [0.15, 0.2) is 0 Å². The Labute approximate surface area is 315 Å². The third-order valence-corrected chi connectivity index (χ3v) is 11.8. The van der Waals surface area contributed by atoms with Crippen LogP contribution in [0, 0.1) is 11.8 Å². The van der Waals surface area contributed by atoms with Crippen molar-refractivity contribution in [2.75, 3.05) is 18.9 Å². The number of hydrogen-bond acceptors (Lipinski definition) is 9. The molecule has 4 atom stereocenters. The van der Waals surface area contributed by atoms with Gasteiger partial charge in [-0.3, -0.25) is 14.5 Å². The van der Waals surface area contributed by atoms with Crippen LogP contribution in [0.5, 0.6) is 11.5 Å². The van der Waals surface area contributed by atoms with Gasteiger partial charge in [-0.25, -0.2) is 9.59 Å². The predicted molar refractivity (Wildman–Crippen MR) is 205 cm³/mol. The molecule has 2 aliphatic heterocycles. The Morgan fingerprint density at radius 1 is 1.19 bits per heavy atom. The van der Waals surface area contributed by atoms with E-state index in [-0.39, 0.29) is 60.4 Å². The summed E-state index contributed by atoms with van der Waals surface area (Å²) in [6, 6.07) is 6.58. The van der Waals surface area contributed by atoms with E-state index in [4.69, 9.17) is 9.47 Å². The lowest BCUT2D eigenvalue weighted by atomic mass is 9.73. The van der Waals surface area contributed by atoms with Crippen LogP contribution in [0.2, 0.25) is 0 Å². The molecule has 0 bridgehead atoms. The number of amides is 3. The molecule has 1 aromatic heterocycles. The molecule has 3 amide bonds. The number of fused-ring (bicyclic) bond motifs is 1. The maximum atomic E-state index is 13.6. The quantitative estimate of drug-likeness (QED) is 0.0744. The molecule has 3 aliphatic rings. The summed E-state index contributed by atoms with van der Waals surface area (Å²) >= 11 is 2.88. The monoisotopic (exact) mass is 749 g/mol. The van der Waals surface area contributed by atoms with Gasteiger partial charge in [0.25, 0.3) is 5.91 Å². The molecule has 3 N–H and O–H groups in total. The molecule has 0 saturated carbocycles. The number of carbonyl (C=O) groups is 4. The van der Waals surface area contributed by atoms with E-state index in [2.05, 4.69) is 37.1 Å². The predicted octanol–water partition coefficient (Wildman–Crippen LogP) is 7.39. The average molecular weight is 750 g/mol. The molecule has 1 aromatic carbocycles. The van der Waals surface area contributed by atoms with E-state index in [0.29, 0.717) is 16.9 Å². The van der Waals surface area contributed by atoms with E-state index in [9.17, 15) is 24.3 Å². The minimum atomic E-state index is -0.777. The van der Waals surface area contributed by atoms with Crippen molar-refractivity contribution in [2.24, 2.45) is 11.8 Å². The van der Waals surface area contributed by atoms with Crippen molar-refractivity contribution >= 4 is 47.0 Å². The highest BCUT2D eigenvalue weighted by Gasteiger charge is 2.54. The zero-order valence-electron chi connectivity index (χ0n) is 30.8. The summed E-state index contributed by atoms with van der Waals surface area (Å²) in [5, 5.41) is 18.5. The first kappa shape index (κ1) is 39.2. The van der Waals surface area contributed by atoms with Crippen LogP contribution in [0.15, 0.2) is 64.7 Å². The lowest BCUT2D eigenvalue weighted by Crippen LogP contribution is -2.70. The molecule has 1 aliphatic carbocycles. The maximum absolute atomic E-state index is 13.6. The second-order valence-corrected chi connectivity index (χ2v) is 16.6. The van der Waals surface area contributed by atoms with Crippen molar-refractivity contribution in [2.45, 2.75) is 96.9 Å². The van der Waals surface area contributed by atoms with Crippen LogP contribution in [0.3, 0.4) is 0 Å². The molecule has 0 radical (unpaired) electrons. The van der Waals surface area contributed by atoms with E-state index in [1.165, 1.54) is 33.6 Å². The zero-order chi connectivity index (χ0) is 37.5. The second-order valence-electron chi connectivity index (χ2n) is 14.4. The molecule has 3 heterocycles. The van der Waals surface area contributed by atoms with Gasteiger partial charge >= 0.3 is 12.1 Å². The number of phenolic OH excluding ortho intramolecular Hbond substituents is 1. The highest BCUT2D eigenvalue weighted by Crippen LogP contribution is 2.47. The Kier molecular flexibility index (Phi) is 13.3. The average Bonchev–Trinajstić information content (AvgIpc) is 3.61. The standard InChI is InChI=1S/C40H51N3O7S2/c1-7-8-9-11-26-17-31(44)34(30-16-25(6)13-14-29(30)24(4)5)32(18-26)50-40(48)41-20-27-22-52-38-35(42-33(45)19-28-12-10-15-51-28)37(46)43(38)36(27)39(47)49-21-23(2)3/h10,12,15-18,23,29-30,35,38,44H,4,7-9,11,13-14,19-22H2,1-3,5-6H3,(H,41,48)(H,42,45)/t29-,30+,35+,38+/m0/s1. The number of hydrogen-bond donors (Lipinski definition) is 3. The number of nitrogens with one attached hydrogen (secondary N) is 2. The molecular formula is C40H51N3O7S2. The van der Waals surface area contributed by atoms with Gasteiger partial charge in [0.1, 0.15) is 28.6 Å². The van der Waals surface area contributed by atoms with Crippen molar-refractivity contribution in [1.29, 1.82) is 0 Å². The number of thiophene rings is 1. The number of rotatable bonds is 15. The number of carbonyl (C=O) groups excluding carboxylic acids is 4. The van der Waals surface area contributed by atoms with Crippen molar-refractivity contribution in [3.05, 3.63) is 80.7 Å². The van der Waals surface area contributed by atoms with Crippen molar-refractivity contribution < 1.29 is 33.8 Å². The minimum absolute atomic E-state index is 0.0705. The minimum Gasteiger partial charge on any atom is -0.507 e. The molecule has 10 nitrogen and oxygen atoms in total. The third-order valence-electron chi connectivity index (χ3n) is 9.63. The van der Waals surface area contributed by atoms with Gasteiger partial charge in [-0.05, 0) is 86.1 Å². The lowest BCUT2D eigenvalue weighted by Gasteiger charge is -2.49. The molecule has 0 spiro atoms. The smallest absolute Gasteiger partial charge is 0.412 e. The van der Waals surface area contributed by atoms with Crippen LogP contribution < -0.4 is 15.4 Å². The summed E-state index contributed by atoms with van der Waals surface area (Å²) in [6.07, 6.45) is 7.12. The van der Waals surface area contributed by atoms with Crippen LogP contribution >= 0.6 is 23.1 Å². The number of ether oxygens (including phenoxy) is 2. The van der Waals surface area contributed by atoms with Crippen LogP contribution in [0.1, 0.15) is 88.6 Å². The zero-order valence-corrected chi connectivity index (χ0v) is 32.4. The molecule has 5 rings (SSSR count). The van der Waals surface area contributed by atoms with Crippen LogP contribution in [-0.2, 0) is 32.0 Å². The highest BCUT2D eigenvalue weighted by atomic mass is 32.2. The highest BCUT2D eigenvalue weighted by molar-refractivity contribution is 8.00. The second kappa shape index (κ2) is 17.7. The summed E-state index contributed by atoms with van der Waals surface area (Å²) < 4.78 is 11.6. The van der Waals surface area contributed by atoms with Crippen LogP contribution in [-0.4, -0.2) is 64.2 Å². The molecule has 2 aromatic rings. The fourth-order valence-corrected chi connectivity index (χ4v) is 8.99. The van der Waals surface area contributed by atoms with E-state index < -0.39 is 29.4 Å². The Balaban J connectivity index is 1.36. The number of benzene rings is 1. The third kappa shape index (κ3) is 9.30. The number of thioether (sulfide) groups is 1. The Bertz CT molecular complexity index is 1730. The first-order valence-corrected chi connectivity index (χ1v) is 20.1. The number of esters is 1. The fraction of sp³-hybridized carbons (Fsp3) is 0.500. The number of allylic oxidation sites excluding steroid dienone is 3. The summed E-state index contributed by atoms with van der Waals surface area (Å²) in [5.41, 5.74) is 4.22. The van der Waals surface area contributed by atoms with E-state index in [1.807, 2.05) is 44.4 Å². The summed E-state index contributed by atoms with van der Waals surface area (Å²) in [7, 11) is 0. The summed E-state index contributed by atoms with van der Waals surface area (Å²) in [6.45, 7) is 14.3. The van der Waals surface area contributed by atoms with Gasteiger partial charge in [0.2, 0.25) is 5.91 Å². The van der Waals surface area contributed by atoms with Gasteiger partial charge in [0.05, 0.1) is 13.0 Å². The Morgan fingerprint density at radius 3 is 2.67 bits per heavy atom. The number of phenols is 1. The summed E-state index contributed by atoms with van der Waals surface area (Å²) in [5.74, 6) is -0.709. The van der Waals surface area contributed by atoms with Gasteiger partial charge < -0.3 is 25.2 Å². The van der Waals surface area contributed by atoms with Crippen molar-refractivity contribution in [1.82, 2.24) is 15.5 Å². The number of nitrogens with zero attached hydrogens (tertiary/aromatic N) is 1. The van der Waals surface area contributed by atoms with Crippen molar-refractivity contribution in [3.8, 4) is 11.5 Å². The Hall–Kier alpha value is -4.03. The first-order valence-electron chi connectivity index (χ1n) is 18.2. The van der Waals surface area contributed by atoms with Gasteiger partial charge in [-0.15, -0.1) is 23.1 Å². The Morgan fingerprint density at radius 2 is 1.98 bits per heavy atom.